The van der Waals surface area contributed by atoms with E-state index in [1.807, 2.05) is 12.1 Å². The third-order valence-corrected chi connectivity index (χ3v) is 5.26. The summed E-state index contributed by atoms with van der Waals surface area (Å²) in [5.41, 5.74) is 3.72. The lowest BCUT2D eigenvalue weighted by atomic mass is 9.71. The topological polar surface area (TPSA) is 41.3 Å². The van der Waals surface area contributed by atoms with E-state index in [-0.39, 0.29) is 17.4 Å². The largest absolute Gasteiger partial charge is 0.302 e. The molecule has 3 N–H and O–H groups in total. The van der Waals surface area contributed by atoms with E-state index in [0.29, 0.717) is 6.42 Å². The number of halogens is 1. The first kappa shape index (κ1) is 16.4. The Balaban J connectivity index is 2.23. The Kier molecular flexibility index (Phi) is 5.36. The van der Waals surface area contributed by atoms with E-state index in [4.69, 9.17) is 5.84 Å². The molecule has 1 unspecified atom stereocenters. The van der Waals surface area contributed by atoms with Crippen molar-refractivity contribution in [2.75, 3.05) is 14.1 Å². The zero-order valence-corrected chi connectivity index (χ0v) is 13.4. The van der Waals surface area contributed by atoms with E-state index in [1.54, 1.807) is 6.07 Å². The van der Waals surface area contributed by atoms with Gasteiger partial charge in [0.25, 0.3) is 0 Å². The van der Waals surface area contributed by atoms with Crippen LogP contribution in [0.3, 0.4) is 0 Å². The van der Waals surface area contributed by atoms with Crippen molar-refractivity contribution in [3.05, 3.63) is 35.6 Å². The molecule has 1 aromatic carbocycles. The Morgan fingerprint density at radius 2 is 1.95 bits per heavy atom. The molecule has 1 fully saturated rings. The highest BCUT2D eigenvalue weighted by Crippen LogP contribution is 2.38. The number of likely N-dealkylation sites (N-methyl/N-ethyl adjacent to an activating group) is 1. The SMILES string of the molecule is CC1CCC(C(Cc2ccccc2F)NN)(N(C)C)CC1. The molecule has 0 amide bonds. The van der Waals surface area contributed by atoms with Gasteiger partial charge in [0.2, 0.25) is 0 Å². The monoisotopic (exact) mass is 293 g/mol. The lowest BCUT2D eigenvalue weighted by molar-refractivity contribution is 0.0432. The summed E-state index contributed by atoms with van der Waals surface area (Å²) in [5, 5.41) is 0. The Hall–Kier alpha value is -0.970. The number of hydrazine groups is 1. The molecule has 0 spiro atoms. The molecule has 118 valence electrons. The van der Waals surface area contributed by atoms with Crippen molar-refractivity contribution in [2.24, 2.45) is 11.8 Å². The molecule has 0 heterocycles. The quantitative estimate of drug-likeness (QED) is 0.648. The van der Waals surface area contributed by atoms with Gasteiger partial charge in [0.1, 0.15) is 5.82 Å². The second kappa shape index (κ2) is 6.86. The van der Waals surface area contributed by atoms with Crippen LogP contribution in [0, 0.1) is 11.7 Å². The summed E-state index contributed by atoms with van der Waals surface area (Å²) >= 11 is 0. The molecule has 2 rings (SSSR count). The Labute approximate surface area is 127 Å². The highest BCUT2D eigenvalue weighted by molar-refractivity contribution is 5.20. The van der Waals surface area contributed by atoms with Crippen molar-refractivity contribution in [3.8, 4) is 0 Å². The molecule has 1 aliphatic rings. The summed E-state index contributed by atoms with van der Waals surface area (Å²) < 4.78 is 14.0. The van der Waals surface area contributed by atoms with E-state index in [1.165, 1.54) is 18.9 Å². The number of rotatable bonds is 5. The smallest absolute Gasteiger partial charge is 0.126 e. The second-order valence-electron chi connectivity index (χ2n) is 6.70. The van der Waals surface area contributed by atoms with Crippen molar-refractivity contribution in [2.45, 2.75) is 50.6 Å². The van der Waals surface area contributed by atoms with Gasteiger partial charge in [0.05, 0.1) is 0 Å². The van der Waals surface area contributed by atoms with Gasteiger partial charge in [0, 0.05) is 11.6 Å². The first-order valence-corrected chi connectivity index (χ1v) is 7.86. The van der Waals surface area contributed by atoms with Crippen LogP contribution in [0.15, 0.2) is 24.3 Å². The zero-order valence-electron chi connectivity index (χ0n) is 13.4. The van der Waals surface area contributed by atoms with Gasteiger partial charge >= 0.3 is 0 Å². The van der Waals surface area contributed by atoms with E-state index >= 15 is 0 Å². The molecule has 4 heteroatoms. The molecule has 0 aromatic heterocycles. The number of nitrogens with one attached hydrogen (secondary N) is 1. The minimum absolute atomic E-state index is 0.00351. The van der Waals surface area contributed by atoms with Crippen LogP contribution >= 0.6 is 0 Å². The van der Waals surface area contributed by atoms with E-state index in [0.717, 1.165) is 24.3 Å². The predicted octanol–water partition coefficient (Wildman–Crippen LogP) is 2.71. The highest BCUT2D eigenvalue weighted by atomic mass is 19.1. The molecule has 1 saturated carbocycles. The number of hydrogen-bond acceptors (Lipinski definition) is 3. The molecule has 1 aliphatic carbocycles. The van der Waals surface area contributed by atoms with Gasteiger partial charge in [-0.05, 0) is 63.7 Å². The second-order valence-corrected chi connectivity index (χ2v) is 6.70. The summed E-state index contributed by atoms with van der Waals surface area (Å²) in [6, 6.07) is 7.05. The number of nitrogens with two attached hydrogens (primary N) is 1. The molecule has 1 aromatic rings. The molecule has 0 radical (unpaired) electrons. The summed E-state index contributed by atoms with van der Waals surface area (Å²) in [6.07, 6.45) is 5.23. The van der Waals surface area contributed by atoms with Crippen molar-refractivity contribution < 1.29 is 4.39 Å². The third-order valence-electron chi connectivity index (χ3n) is 5.26. The van der Waals surface area contributed by atoms with Crippen molar-refractivity contribution in [1.29, 1.82) is 0 Å². The van der Waals surface area contributed by atoms with Gasteiger partial charge in [-0.25, -0.2) is 4.39 Å². The van der Waals surface area contributed by atoms with Gasteiger partial charge in [-0.3, -0.25) is 11.3 Å². The average molecular weight is 293 g/mol. The van der Waals surface area contributed by atoms with Crippen molar-refractivity contribution in [3.63, 3.8) is 0 Å². The standard InChI is InChI=1S/C17H28FN3/c1-13-8-10-17(11-9-13,21(2)3)16(20-19)12-14-6-4-5-7-15(14)18/h4-7,13,16,20H,8-12,19H2,1-3H3. The van der Waals surface area contributed by atoms with Crippen LogP contribution in [0.25, 0.3) is 0 Å². The molecular formula is C17H28FN3. The molecule has 21 heavy (non-hydrogen) atoms. The minimum Gasteiger partial charge on any atom is -0.302 e. The van der Waals surface area contributed by atoms with Gasteiger partial charge in [-0.15, -0.1) is 0 Å². The van der Waals surface area contributed by atoms with E-state index in [9.17, 15) is 4.39 Å². The van der Waals surface area contributed by atoms with Crippen LogP contribution < -0.4 is 11.3 Å². The van der Waals surface area contributed by atoms with Gasteiger partial charge < -0.3 is 4.90 Å². The first-order valence-electron chi connectivity index (χ1n) is 7.86. The molecule has 1 atom stereocenters. The van der Waals surface area contributed by atoms with Gasteiger partial charge in [-0.2, -0.15) is 0 Å². The summed E-state index contributed by atoms with van der Waals surface area (Å²) in [4.78, 5) is 2.28. The summed E-state index contributed by atoms with van der Waals surface area (Å²) in [6.45, 7) is 2.31. The fourth-order valence-corrected chi connectivity index (χ4v) is 3.66. The van der Waals surface area contributed by atoms with Crippen LogP contribution in [0.2, 0.25) is 0 Å². The van der Waals surface area contributed by atoms with Gasteiger partial charge in [0.15, 0.2) is 0 Å². The van der Waals surface area contributed by atoms with Crippen LogP contribution in [0.4, 0.5) is 4.39 Å². The summed E-state index contributed by atoms with van der Waals surface area (Å²) in [5.74, 6) is 6.49. The molecule has 0 bridgehead atoms. The van der Waals surface area contributed by atoms with E-state index < -0.39 is 0 Å². The molecular weight excluding hydrogens is 265 g/mol. The average Bonchev–Trinajstić information content (AvgIpc) is 2.47. The fourth-order valence-electron chi connectivity index (χ4n) is 3.66. The van der Waals surface area contributed by atoms with Crippen LogP contribution in [-0.2, 0) is 6.42 Å². The van der Waals surface area contributed by atoms with Crippen molar-refractivity contribution in [1.82, 2.24) is 10.3 Å². The zero-order chi connectivity index (χ0) is 15.5. The van der Waals surface area contributed by atoms with Crippen molar-refractivity contribution >= 4 is 0 Å². The fraction of sp³-hybridized carbons (Fsp3) is 0.647. The Morgan fingerprint density at radius 3 is 2.48 bits per heavy atom. The van der Waals surface area contributed by atoms with Crippen LogP contribution in [0.1, 0.15) is 38.2 Å². The lowest BCUT2D eigenvalue weighted by Gasteiger charge is -2.49. The van der Waals surface area contributed by atoms with Gasteiger partial charge in [-0.1, -0.05) is 25.1 Å². The third kappa shape index (κ3) is 3.44. The predicted molar refractivity (Wildman–Crippen MR) is 85.3 cm³/mol. The minimum atomic E-state index is -0.143. The number of benzene rings is 1. The molecule has 3 nitrogen and oxygen atoms in total. The lowest BCUT2D eigenvalue weighted by Crippen LogP contribution is -2.62. The first-order chi connectivity index (χ1) is 9.99. The summed E-state index contributed by atoms with van der Waals surface area (Å²) in [7, 11) is 4.23. The highest BCUT2D eigenvalue weighted by Gasteiger charge is 2.42. The maximum Gasteiger partial charge on any atom is 0.126 e. The van der Waals surface area contributed by atoms with Crippen LogP contribution in [-0.4, -0.2) is 30.6 Å². The Bertz CT molecular complexity index is 453. The Morgan fingerprint density at radius 1 is 1.33 bits per heavy atom. The maximum absolute atomic E-state index is 14.0. The normalized spacial score (nSPS) is 27.8. The maximum atomic E-state index is 14.0. The molecule has 0 aliphatic heterocycles. The van der Waals surface area contributed by atoms with Crippen LogP contribution in [0.5, 0.6) is 0 Å². The number of hydrogen-bond donors (Lipinski definition) is 2. The van der Waals surface area contributed by atoms with E-state index in [2.05, 4.69) is 31.3 Å². The number of nitrogens with zero attached hydrogens (tertiary/aromatic N) is 1. The molecule has 0 saturated heterocycles.